The van der Waals surface area contributed by atoms with Crippen LogP contribution >= 0.6 is 0 Å². The molecule has 16 heavy (non-hydrogen) atoms. The minimum absolute atomic E-state index is 0.247. The maximum atomic E-state index is 7.47. The lowest BCUT2D eigenvalue weighted by atomic mass is 10.1. The lowest BCUT2D eigenvalue weighted by Crippen LogP contribution is -2.18. The number of hydrogen-bond donors (Lipinski definition) is 1. The van der Waals surface area contributed by atoms with Crippen molar-refractivity contribution in [1.82, 2.24) is 9.55 Å². The van der Waals surface area contributed by atoms with Crippen molar-refractivity contribution in [1.29, 1.82) is 5.41 Å². The Morgan fingerprint density at radius 2 is 1.88 bits per heavy atom. The van der Waals surface area contributed by atoms with Gasteiger partial charge in [0.1, 0.15) is 5.75 Å². The van der Waals surface area contributed by atoms with Crippen molar-refractivity contribution in [2.45, 2.75) is 0 Å². The number of aryl methyl sites for hydroxylation is 1. The SMILES string of the molecule is COc1ccc(-c2cnc(=N)n(C)c2)cc1. The quantitative estimate of drug-likeness (QED) is 0.826. The van der Waals surface area contributed by atoms with Crippen LogP contribution in [0.5, 0.6) is 5.75 Å². The van der Waals surface area contributed by atoms with Gasteiger partial charge in [0.2, 0.25) is 5.62 Å². The monoisotopic (exact) mass is 215 g/mol. The fourth-order valence-corrected chi connectivity index (χ4v) is 1.46. The van der Waals surface area contributed by atoms with Gasteiger partial charge in [-0.05, 0) is 17.7 Å². The van der Waals surface area contributed by atoms with Gasteiger partial charge >= 0.3 is 0 Å². The average molecular weight is 215 g/mol. The van der Waals surface area contributed by atoms with Crippen molar-refractivity contribution >= 4 is 0 Å². The smallest absolute Gasteiger partial charge is 0.221 e. The molecule has 0 spiro atoms. The number of nitrogens with one attached hydrogen (secondary N) is 1. The summed E-state index contributed by atoms with van der Waals surface area (Å²) in [5.74, 6) is 0.832. The number of aromatic nitrogens is 2. The molecule has 2 aromatic rings. The van der Waals surface area contributed by atoms with Crippen molar-refractivity contribution in [3.05, 3.63) is 42.3 Å². The summed E-state index contributed by atoms with van der Waals surface area (Å²) in [5, 5.41) is 7.47. The number of ether oxygens (including phenoxy) is 1. The van der Waals surface area contributed by atoms with Gasteiger partial charge in [-0.25, -0.2) is 4.98 Å². The fraction of sp³-hybridized carbons (Fsp3) is 0.167. The molecule has 0 unspecified atom stereocenters. The van der Waals surface area contributed by atoms with E-state index in [0.29, 0.717) is 0 Å². The summed E-state index contributed by atoms with van der Waals surface area (Å²) in [6.07, 6.45) is 3.58. The maximum Gasteiger partial charge on any atom is 0.221 e. The van der Waals surface area contributed by atoms with Gasteiger partial charge in [-0.3, -0.25) is 5.41 Å². The Morgan fingerprint density at radius 1 is 1.19 bits per heavy atom. The highest BCUT2D eigenvalue weighted by Gasteiger charge is 1.99. The molecule has 4 nitrogen and oxygen atoms in total. The van der Waals surface area contributed by atoms with Crippen LogP contribution in [0.15, 0.2) is 36.7 Å². The third-order valence-corrected chi connectivity index (χ3v) is 2.42. The number of methoxy groups -OCH3 is 1. The number of hydrogen-bond acceptors (Lipinski definition) is 3. The lowest BCUT2D eigenvalue weighted by molar-refractivity contribution is 0.415. The molecular formula is C12H13N3O. The molecule has 0 radical (unpaired) electrons. The minimum atomic E-state index is 0.247. The number of nitrogens with zero attached hydrogens (tertiary/aromatic N) is 2. The summed E-state index contributed by atoms with van der Waals surface area (Å²) in [6.45, 7) is 0. The second kappa shape index (κ2) is 4.18. The standard InChI is InChI=1S/C12H13N3O/c1-15-8-10(7-14-12(15)13)9-3-5-11(16-2)6-4-9/h3-8,13H,1-2H3. The molecule has 0 saturated carbocycles. The van der Waals surface area contributed by atoms with Crippen molar-refractivity contribution in [2.24, 2.45) is 7.05 Å². The molecule has 1 N–H and O–H groups in total. The fourth-order valence-electron chi connectivity index (χ4n) is 1.46. The van der Waals surface area contributed by atoms with Crippen LogP contribution < -0.4 is 10.4 Å². The predicted octanol–water partition coefficient (Wildman–Crippen LogP) is 1.58. The Bertz CT molecular complexity index is 543. The highest BCUT2D eigenvalue weighted by atomic mass is 16.5. The molecule has 0 amide bonds. The lowest BCUT2D eigenvalue weighted by Gasteiger charge is -2.05. The molecule has 4 heteroatoms. The summed E-state index contributed by atoms with van der Waals surface area (Å²) >= 11 is 0. The van der Waals surface area contributed by atoms with E-state index in [1.807, 2.05) is 37.5 Å². The number of benzene rings is 1. The van der Waals surface area contributed by atoms with Crippen molar-refractivity contribution < 1.29 is 4.74 Å². The van der Waals surface area contributed by atoms with Crippen LogP contribution in [0.4, 0.5) is 0 Å². The maximum absolute atomic E-state index is 7.47. The van der Waals surface area contributed by atoms with Gasteiger partial charge in [0.25, 0.3) is 0 Å². The average Bonchev–Trinajstić information content (AvgIpc) is 2.33. The summed E-state index contributed by atoms with van der Waals surface area (Å²) in [6, 6.07) is 7.76. The zero-order valence-electron chi connectivity index (χ0n) is 9.27. The van der Waals surface area contributed by atoms with E-state index in [-0.39, 0.29) is 5.62 Å². The molecule has 82 valence electrons. The first kappa shape index (κ1) is 10.4. The molecule has 1 heterocycles. The van der Waals surface area contributed by atoms with Gasteiger partial charge in [-0.2, -0.15) is 0 Å². The molecule has 1 aromatic heterocycles. The highest BCUT2D eigenvalue weighted by Crippen LogP contribution is 2.20. The molecule has 2 rings (SSSR count). The third kappa shape index (κ3) is 1.95. The van der Waals surface area contributed by atoms with E-state index in [1.54, 1.807) is 17.9 Å². The molecule has 0 bridgehead atoms. The zero-order chi connectivity index (χ0) is 11.5. The van der Waals surface area contributed by atoms with E-state index in [2.05, 4.69) is 4.98 Å². The van der Waals surface area contributed by atoms with Crippen LogP contribution in [-0.4, -0.2) is 16.7 Å². The molecule has 1 aromatic carbocycles. The minimum Gasteiger partial charge on any atom is -0.497 e. The topological polar surface area (TPSA) is 50.9 Å². The van der Waals surface area contributed by atoms with Gasteiger partial charge in [0, 0.05) is 25.0 Å². The van der Waals surface area contributed by atoms with E-state index >= 15 is 0 Å². The molecule has 0 fully saturated rings. The van der Waals surface area contributed by atoms with Gasteiger partial charge < -0.3 is 9.30 Å². The summed E-state index contributed by atoms with van der Waals surface area (Å²) in [4.78, 5) is 4.00. The van der Waals surface area contributed by atoms with Crippen LogP contribution in [-0.2, 0) is 7.05 Å². The Labute approximate surface area is 93.7 Å². The largest absolute Gasteiger partial charge is 0.497 e. The van der Waals surface area contributed by atoms with E-state index < -0.39 is 0 Å². The van der Waals surface area contributed by atoms with Gasteiger partial charge in [-0.1, -0.05) is 12.1 Å². The van der Waals surface area contributed by atoms with E-state index in [1.165, 1.54) is 0 Å². The Balaban J connectivity index is 2.42. The Hall–Kier alpha value is -2.10. The van der Waals surface area contributed by atoms with Crippen LogP contribution in [0.2, 0.25) is 0 Å². The normalized spacial score (nSPS) is 10.1. The van der Waals surface area contributed by atoms with Crippen molar-refractivity contribution in [2.75, 3.05) is 7.11 Å². The van der Waals surface area contributed by atoms with Gasteiger partial charge in [-0.15, -0.1) is 0 Å². The number of rotatable bonds is 2. The van der Waals surface area contributed by atoms with E-state index in [9.17, 15) is 0 Å². The van der Waals surface area contributed by atoms with Gasteiger partial charge in [0.05, 0.1) is 7.11 Å². The Kier molecular flexibility index (Phi) is 2.72. The summed E-state index contributed by atoms with van der Waals surface area (Å²) in [7, 11) is 3.45. The molecule has 0 aliphatic carbocycles. The third-order valence-electron chi connectivity index (χ3n) is 2.42. The first-order chi connectivity index (χ1) is 7.70. The van der Waals surface area contributed by atoms with E-state index in [0.717, 1.165) is 16.9 Å². The molecule has 0 atom stereocenters. The van der Waals surface area contributed by atoms with Gasteiger partial charge in [0.15, 0.2) is 0 Å². The first-order valence-electron chi connectivity index (χ1n) is 4.92. The van der Waals surface area contributed by atoms with Crippen LogP contribution in [0.1, 0.15) is 0 Å². The Morgan fingerprint density at radius 3 is 2.44 bits per heavy atom. The first-order valence-corrected chi connectivity index (χ1v) is 4.92. The molecule has 0 aliphatic rings. The van der Waals surface area contributed by atoms with Crippen molar-refractivity contribution in [3.63, 3.8) is 0 Å². The highest BCUT2D eigenvalue weighted by molar-refractivity contribution is 5.62. The zero-order valence-corrected chi connectivity index (χ0v) is 9.27. The van der Waals surface area contributed by atoms with E-state index in [4.69, 9.17) is 10.1 Å². The van der Waals surface area contributed by atoms with Crippen LogP contribution in [0.25, 0.3) is 11.1 Å². The summed E-state index contributed by atoms with van der Waals surface area (Å²) in [5.41, 5.74) is 2.29. The molecule has 0 aliphatic heterocycles. The molecule has 0 saturated heterocycles. The predicted molar refractivity (Wildman–Crippen MR) is 61.1 cm³/mol. The second-order valence-electron chi connectivity index (χ2n) is 3.51. The summed E-state index contributed by atoms with van der Waals surface area (Å²) < 4.78 is 6.78. The van der Waals surface area contributed by atoms with Crippen LogP contribution in [0.3, 0.4) is 0 Å². The second-order valence-corrected chi connectivity index (χ2v) is 3.51. The molecular weight excluding hydrogens is 202 g/mol. The van der Waals surface area contributed by atoms with Crippen LogP contribution in [0, 0.1) is 5.41 Å². The van der Waals surface area contributed by atoms with Crippen molar-refractivity contribution in [3.8, 4) is 16.9 Å².